The van der Waals surface area contributed by atoms with E-state index in [2.05, 4.69) is 161 Å². The molecule has 0 aliphatic carbocycles. The molecule has 832 valence electrons. The van der Waals surface area contributed by atoms with Gasteiger partial charge in [0.15, 0.2) is 17.3 Å². The Labute approximate surface area is 869 Å². The van der Waals surface area contributed by atoms with Gasteiger partial charge in [0.1, 0.15) is 34.7 Å². The second-order valence-corrected chi connectivity index (χ2v) is 52.1. The minimum Gasteiger partial charge on any atom is -0.481 e. The standard InChI is InChI=1S/C18H33NO4.C16H33N3O2.C16H31NO2.C13H25NO.C13H26O.C11H21NO.2C11H22O.C10H19NO/c1-11(2)10-13(12(3)4)17(23)19-14(8-9-15(20)21)16(22)18(5,6)7;1-12(2)18-11-9-14(20)19-13(8-6-7-10-17)15(21)16(3,4)5;1-10(2)9-13(11(3)4)15(19)17-12(5)14(18)16(6,7)8;1-10(2)14-8-6-11(7-9-14)12(15)13(3,4)5;1-11(2)9-7-6-8-10-12(14)13(3,4)5;1-8(2)11(13)10-5-6-12(7-10)9(3)4;1-9(2)7-6-8-10(12)11(3,4)5;1-9(2)7-5-6-8-11(12)10(3)4;1-7(2)10(12)9-5-11(6-9)8(3)4/h11-14H,8-10H2,1-7H3,(H,19,23)(H,20,21);12-13,18H,6-11,17H2,1-5H3,(H,19,20);10-13H,9H2,1-8H3,(H,17,19);10-11H,6-9H2,1-5H3;11H,6-10H2,1-5H3;8-10H,5-7H2,1-4H3;9H,6-8H2,1-5H3;9-10H,5-8H2,1-4H3;7-9H,5-6H2,1-4H3/t13-,14-;13-;12-,13-;;;;;;/m000....../s1. The van der Waals surface area contributed by atoms with Gasteiger partial charge in [-0.3, -0.25) is 67.2 Å². The summed E-state index contributed by atoms with van der Waals surface area (Å²) in [6, 6.07) is 0.604. The van der Waals surface area contributed by atoms with Crippen LogP contribution in [0.25, 0.3) is 0 Å². The number of rotatable bonds is 49. The fourth-order valence-electron chi connectivity index (χ4n) is 16.2. The van der Waals surface area contributed by atoms with Gasteiger partial charge in [0, 0.05) is 162 Å². The smallest absolute Gasteiger partial charge is 0.303 e. The highest BCUT2D eigenvalue weighted by molar-refractivity contribution is 5.95. The van der Waals surface area contributed by atoms with E-state index < -0.39 is 40.3 Å². The van der Waals surface area contributed by atoms with Gasteiger partial charge in [-0.15, -0.1) is 0 Å². The number of carbonyl (C=O) groups excluding carboxylic acids is 12. The summed E-state index contributed by atoms with van der Waals surface area (Å²) in [4.78, 5) is 161. The number of amides is 3. The topological polar surface area (TPSA) is 326 Å². The minimum atomic E-state index is -0.964. The molecular formula is C119H232N8O14. The van der Waals surface area contributed by atoms with Gasteiger partial charge in [-0.05, 0) is 193 Å². The second-order valence-electron chi connectivity index (χ2n) is 52.1. The van der Waals surface area contributed by atoms with Crippen LogP contribution >= 0.6 is 0 Å². The predicted octanol–water partition coefficient (Wildman–Crippen LogP) is 25.6. The normalized spacial score (nSPS) is 15.9. The Kier molecular flexibility index (Phi) is 77.4. The Bertz CT molecular complexity index is 3450. The third-order valence-electron chi connectivity index (χ3n) is 26.0. The highest BCUT2D eigenvalue weighted by atomic mass is 16.4. The Balaban J connectivity index is -0.000000367. The molecule has 3 rings (SSSR count). The van der Waals surface area contributed by atoms with Crippen molar-refractivity contribution in [3.8, 4) is 0 Å². The first-order valence-corrected chi connectivity index (χ1v) is 55.7. The zero-order chi connectivity index (χ0) is 112. The summed E-state index contributed by atoms with van der Waals surface area (Å²) in [5.41, 5.74) is 3.56. The molecule has 141 heavy (non-hydrogen) atoms. The first kappa shape index (κ1) is 146. The molecule has 3 saturated heterocycles. The highest BCUT2D eigenvalue weighted by Gasteiger charge is 2.39. The monoisotopic (exact) mass is 2000 g/mol. The molecule has 3 heterocycles. The molecular weight excluding hydrogens is 1770 g/mol. The molecule has 3 amide bonds. The summed E-state index contributed by atoms with van der Waals surface area (Å²) in [7, 11) is 0. The fraction of sp³-hybridized carbons (Fsp3) is 0.891. The van der Waals surface area contributed by atoms with Crippen molar-refractivity contribution in [2.45, 2.75) is 515 Å². The molecule has 6 atom stereocenters. The molecule has 0 aromatic heterocycles. The van der Waals surface area contributed by atoms with Crippen molar-refractivity contribution in [2.75, 3.05) is 52.4 Å². The molecule has 1 unspecified atom stereocenters. The molecule has 0 saturated carbocycles. The van der Waals surface area contributed by atoms with Gasteiger partial charge in [0.25, 0.3) is 0 Å². The van der Waals surface area contributed by atoms with Crippen molar-refractivity contribution in [3.63, 3.8) is 0 Å². The predicted molar refractivity (Wildman–Crippen MR) is 595 cm³/mol. The molecule has 7 N–H and O–H groups in total. The van der Waals surface area contributed by atoms with Crippen molar-refractivity contribution >= 4 is 75.7 Å². The van der Waals surface area contributed by atoms with Gasteiger partial charge in [-0.2, -0.15) is 0 Å². The van der Waals surface area contributed by atoms with Crippen LogP contribution in [0.15, 0.2) is 0 Å². The summed E-state index contributed by atoms with van der Waals surface area (Å²) in [6.07, 6.45) is 20.5. The lowest BCUT2D eigenvalue weighted by molar-refractivity contribution is -0.139. The van der Waals surface area contributed by atoms with Crippen LogP contribution in [0.4, 0.5) is 0 Å². The molecule has 22 nitrogen and oxygen atoms in total. The molecule has 0 radical (unpaired) electrons. The zero-order valence-corrected chi connectivity index (χ0v) is 101. The number of piperidine rings is 1. The molecule has 3 fully saturated rings. The van der Waals surface area contributed by atoms with E-state index in [0.717, 1.165) is 140 Å². The lowest BCUT2D eigenvalue weighted by Gasteiger charge is -2.41. The van der Waals surface area contributed by atoms with Gasteiger partial charge in [-0.25, -0.2) is 0 Å². The number of hydrogen-bond donors (Lipinski definition) is 6. The Morgan fingerprint density at radius 3 is 1.03 bits per heavy atom. The number of carboxylic acid groups (broad SMARTS) is 1. The van der Waals surface area contributed by atoms with E-state index in [1.807, 2.05) is 173 Å². The average molecular weight is 2000 g/mol. The van der Waals surface area contributed by atoms with Crippen molar-refractivity contribution in [2.24, 2.45) is 127 Å². The SMILES string of the molecule is CC(C)C(=O)C1CCN(C(C)C)C1.CC(C)C(=O)C1CN(C(C)C)C1.CC(C)CCCC(=O)C(C)(C)C.CC(C)CCCCC(=O)C(C)C.CC(C)CCCCCC(=O)C(C)(C)C.CC(C)C[C@H](C(=O)N[C@@H](C)C(=O)C(C)(C)C)C(C)C.CC(C)C[C@H](C(=O)N[C@@H](CCC(=O)O)C(=O)C(C)(C)C)C(C)C.CC(C)N1CCC(C(=O)C(C)(C)C)CC1.CC(C)NCCC(=O)N[C@@H](CCCCN)C(=O)C(C)(C)C. The van der Waals surface area contributed by atoms with Crippen LogP contribution in [0.1, 0.15) is 473 Å². The Hall–Kier alpha value is -5.29. The highest BCUT2D eigenvalue weighted by Crippen LogP contribution is 2.32. The lowest BCUT2D eigenvalue weighted by atomic mass is 9.79. The second kappa shape index (κ2) is 74.6. The zero-order valence-electron chi connectivity index (χ0n) is 101. The van der Waals surface area contributed by atoms with E-state index in [1.165, 1.54) is 38.5 Å². The molecule has 0 aromatic carbocycles. The van der Waals surface area contributed by atoms with Gasteiger partial charge in [-0.1, -0.05) is 315 Å². The van der Waals surface area contributed by atoms with E-state index in [4.69, 9.17) is 10.8 Å². The average Bonchev–Trinajstić information content (AvgIpc) is 1.04. The fourth-order valence-corrected chi connectivity index (χ4v) is 16.2. The third kappa shape index (κ3) is 74.3. The molecule has 0 bridgehead atoms. The largest absolute Gasteiger partial charge is 0.481 e. The van der Waals surface area contributed by atoms with Crippen LogP contribution in [0, 0.1) is 121 Å². The molecule has 3 aliphatic heterocycles. The maximum Gasteiger partial charge on any atom is 0.303 e. The van der Waals surface area contributed by atoms with E-state index in [1.54, 1.807) is 27.7 Å². The number of Topliss-reactive ketones (excluding diaryl/α,β-unsaturated/α-hetero) is 9. The van der Waals surface area contributed by atoms with Gasteiger partial charge in [0.05, 0.1) is 18.1 Å². The number of unbranched alkanes of at least 4 members (excludes halogenated alkanes) is 4. The van der Waals surface area contributed by atoms with E-state index in [9.17, 15) is 62.3 Å². The molecule has 22 heteroatoms. The van der Waals surface area contributed by atoms with Crippen molar-refractivity contribution in [3.05, 3.63) is 0 Å². The molecule has 0 spiro atoms. The van der Waals surface area contributed by atoms with Crippen molar-refractivity contribution < 1.29 is 67.4 Å². The van der Waals surface area contributed by atoms with Crippen LogP contribution in [-0.2, 0) is 62.3 Å². The first-order valence-electron chi connectivity index (χ1n) is 55.7. The number of nitrogens with one attached hydrogen (secondary N) is 4. The van der Waals surface area contributed by atoms with Crippen LogP contribution in [0.3, 0.4) is 0 Å². The van der Waals surface area contributed by atoms with Crippen molar-refractivity contribution in [1.82, 2.24) is 36.0 Å². The van der Waals surface area contributed by atoms with E-state index >= 15 is 0 Å². The lowest BCUT2D eigenvalue weighted by Crippen LogP contribution is -2.53. The summed E-state index contributed by atoms with van der Waals surface area (Å²) in [5.74, 6) is 6.41. The van der Waals surface area contributed by atoms with Gasteiger partial charge < -0.3 is 41.9 Å². The number of carbonyl (C=O) groups is 13. The number of carboxylic acids is 1. The first-order chi connectivity index (χ1) is 64.1. The van der Waals surface area contributed by atoms with E-state index in [-0.39, 0.29) is 99.7 Å². The number of aliphatic carboxylic acids is 1. The number of likely N-dealkylation sites (tertiary alicyclic amines) is 3. The molecule has 0 aromatic rings. The maximum atomic E-state index is 12.6. The van der Waals surface area contributed by atoms with Crippen LogP contribution < -0.4 is 27.0 Å². The number of nitrogens with two attached hydrogens (primary N) is 1. The summed E-state index contributed by atoms with van der Waals surface area (Å²) < 4.78 is 0. The summed E-state index contributed by atoms with van der Waals surface area (Å²) in [6.45, 7) is 103. The number of ketones is 9. The van der Waals surface area contributed by atoms with Crippen molar-refractivity contribution in [1.29, 1.82) is 0 Å². The summed E-state index contributed by atoms with van der Waals surface area (Å²) >= 11 is 0. The quantitative estimate of drug-likeness (QED) is 0.0308. The number of hydrogen-bond acceptors (Lipinski definition) is 18. The maximum absolute atomic E-state index is 12.6. The van der Waals surface area contributed by atoms with E-state index in [0.29, 0.717) is 120 Å². The van der Waals surface area contributed by atoms with Gasteiger partial charge in [0.2, 0.25) is 17.7 Å². The molecule has 3 aliphatic rings. The third-order valence-corrected chi connectivity index (χ3v) is 26.0. The number of nitrogens with zero attached hydrogens (tertiary/aromatic N) is 3. The van der Waals surface area contributed by atoms with Crippen LogP contribution in [0.2, 0.25) is 0 Å². The van der Waals surface area contributed by atoms with Gasteiger partial charge >= 0.3 is 5.97 Å². The van der Waals surface area contributed by atoms with Crippen LogP contribution in [-0.4, -0.2) is 190 Å². The minimum absolute atomic E-state index is 0.00815. The van der Waals surface area contributed by atoms with Crippen LogP contribution in [0.5, 0.6) is 0 Å². The Morgan fingerprint density at radius 2 is 0.688 bits per heavy atom. The Morgan fingerprint density at radius 1 is 0.333 bits per heavy atom. The summed E-state index contributed by atoms with van der Waals surface area (Å²) in [5, 5.41) is 20.7.